The Hall–Kier alpha value is -1.44. The van der Waals surface area contributed by atoms with Crippen LogP contribution >= 0.6 is 0 Å². The predicted molar refractivity (Wildman–Crippen MR) is 60.7 cm³/mol. The zero-order valence-corrected chi connectivity index (χ0v) is 9.31. The van der Waals surface area contributed by atoms with Gasteiger partial charge in [0.05, 0.1) is 11.6 Å². The summed E-state index contributed by atoms with van der Waals surface area (Å²) < 4.78 is 0. The van der Waals surface area contributed by atoms with E-state index in [0.29, 0.717) is 0 Å². The van der Waals surface area contributed by atoms with E-state index in [2.05, 4.69) is 4.99 Å². The van der Waals surface area contributed by atoms with Crippen LogP contribution in [0.1, 0.15) is 43.4 Å². The largest absolute Gasteiger partial charge is 0.389 e. The molecule has 1 saturated carbocycles. The van der Waals surface area contributed by atoms with E-state index in [1.54, 1.807) is 13.0 Å². The second-order valence-electron chi connectivity index (χ2n) is 4.35. The molecule has 1 atom stereocenters. The first kappa shape index (κ1) is 11.1. The minimum Gasteiger partial charge on any atom is -0.389 e. The number of nitrogens with zero attached hydrogens (tertiary/aromatic N) is 1. The number of aliphatic hydroxyl groups is 1. The normalized spacial score (nSPS) is 19.4. The van der Waals surface area contributed by atoms with Gasteiger partial charge in [0.15, 0.2) is 0 Å². The fourth-order valence-electron chi connectivity index (χ4n) is 2.33. The molecule has 0 aromatic heterocycles. The third kappa shape index (κ3) is 1.69. The second kappa shape index (κ2) is 4.20. The molecule has 3 nitrogen and oxygen atoms in total. The predicted octanol–water partition coefficient (Wildman–Crippen LogP) is 2.45. The number of aliphatic imine (C=N–C) groups is 1. The van der Waals surface area contributed by atoms with E-state index in [1.165, 1.54) is 0 Å². The summed E-state index contributed by atoms with van der Waals surface area (Å²) in [6, 6.07) is 7.65. The molecule has 0 bridgehead atoms. The third-order valence-corrected chi connectivity index (χ3v) is 3.35. The van der Waals surface area contributed by atoms with Gasteiger partial charge in [0.2, 0.25) is 6.08 Å². The molecule has 0 spiro atoms. The number of isocyanates is 1. The highest BCUT2D eigenvalue weighted by Gasteiger charge is 2.40. The average molecular weight is 217 g/mol. The Morgan fingerprint density at radius 1 is 1.44 bits per heavy atom. The van der Waals surface area contributed by atoms with E-state index in [-0.39, 0.29) is 0 Å². The van der Waals surface area contributed by atoms with Crippen molar-refractivity contribution in [2.45, 2.75) is 37.8 Å². The standard InChI is InChI=1S/C13H15NO2/c1-10(16)11-5-2-3-6-12(11)13(14-9-15)7-4-8-13/h2-3,5-6,10,16H,4,7-8H2,1H3. The quantitative estimate of drug-likeness (QED) is 0.624. The van der Waals surface area contributed by atoms with Crippen LogP contribution < -0.4 is 0 Å². The molecular formula is C13H15NO2. The van der Waals surface area contributed by atoms with Crippen molar-refractivity contribution >= 4 is 6.08 Å². The first-order valence-corrected chi connectivity index (χ1v) is 5.56. The maximum Gasteiger partial charge on any atom is 0.235 e. The molecule has 1 N–H and O–H groups in total. The zero-order valence-electron chi connectivity index (χ0n) is 9.31. The minimum absolute atomic E-state index is 0.421. The lowest BCUT2D eigenvalue weighted by molar-refractivity contribution is 0.188. The van der Waals surface area contributed by atoms with Gasteiger partial charge in [-0.25, -0.2) is 4.79 Å². The second-order valence-corrected chi connectivity index (χ2v) is 4.35. The number of hydrogen-bond acceptors (Lipinski definition) is 3. The van der Waals surface area contributed by atoms with Gasteiger partial charge in [-0.05, 0) is 37.3 Å². The number of hydrogen-bond donors (Lipinski definition) is 1. The molecule has 1 aromatic carbocycles. The van der Waals surface area contributed by atoms with E-state index >= 15 is 0 Å². The Kier molecular flexibility index (Phi) is 2.90. The molecule has 16 heavy (non-hydrogen) atoms. The van der Waals surface area contributed by atoms with Crippen LogP contribution in [0, 0.1) is 0 Å². The lowest BCUT2D eigenvalue weighted by Crippen LogP contribution is -2.33. The van der Waals surface area contributed by atoms with E-state index in [1.807, 2.05) is 24.3 Å². The zero-order chi connectivity index (χ0) is 11.6. The highest BCUT2D eigenvalue weighted by molar-refractivity contribution is 5.43. The summed E-state index contributed by atoms with van der Waals surface area (Å²) in [6.45, 7) is 1.73. The molecule has 1 aromatic rings. The van der Waals surface area contributed by atoms with Crippen LogP contribution in [0.25, 0.3) is 0 Å². The summed E-state index contributed by atoms with van der Waals surface area (Å²) in [5.41, 5.74) is 1.41. The Morgan fingerprint density at radius 2 is 2.12 bits per heavy atom. The van der Waals surface area contributed by atoms with Gasteiger partial charge >= 0.3 is 0 Å². The van der Waals surface area contributed by atoms with Crippen molar-refractivity contribution in [3.05, 3.63) is 35.4 Å². The van der Waals surface area contributed by atoms with E-state index in [9.17, 15) is 9.90 Å². The van der Waals surface area contributed by atoms with Gasteiger partial charge in [0.1, 0.15) is 0 Å². The topological polar surface area (TPSA) is 49.7 Å². The highest BCUT2D eigenvalue weighted by atomic mass is 16.3. The molecule has 1 aliphatic carbocycles. The maximum atomic E-state index is 10.5. The molecule has 0 radical (unpaired) electrons. The van der Waals surface area contributed by atoms with Gasteiger partial charge in [-0.1, -0.05) is 24.3 Å². The first-order chi connectivity index (χ1) is 7.69. The fourth-order valence-corrected chi connectivity index (χ4v) is 2.33. The Balaban J connectivity index is 2.50. The van der Waals surface area contributed by atoms with Crippen molar-refractivity contribution in [2.75, 3.05) is 0 Å². The van der Waals surface area contributed by atoms with Crippen LogP contribution in [-0.4, -0.2) is 11.2 Å². The number of aliphatic hydroxyl groups excluding tert-OH is 1. The molecule has 0 heterocycles. The van der Waals surface area contributed by atoms with Crippen molar-refractivity contribution in [1.29, 1.82) is 0 Å². The van der Waals surface area contributed by atoms with Crippen molar-refractivity contribution < 1.29 is 9.90 Å². The van der Waals surface area contributed by atoms with E-state index in [4.69, 9.17) is 0 Å². The van der Waals surface area contributed by atoms with Crippen LogP contribution in [0.2, 0.25) is 0 Å². The first-order valence-electron chi connectivity index (χ1n) is 5.56. The van der Waals surface area contributed by atoms with Gasteiger partial charge in [0.25, 0.3) is 0 Å². The summed E-state index contributed by atoms with van der Waals surface area (Å²) in [7, 11) is 0. The Labute approximate surface area is 94.8 Å². The summed E-state index contributed by atoms with van der Waals surface area (Å²) in [4.78, 5) is 14.5. The van der Waals surface area contributed by atoms with Gasteiger partial charge < -0.3 is 5.11 Å². The van der Waals surface area contributed by atoms with Crippen LogP contribution in [0.5, 0.6) is 0 Å². The maximum absolute atomic E-state index is 10.5. The Morgan fingerprint density at radius 3 is 2.62 bits per heavy atom. The lowest BCUT2D eigenvalue weighted by atomic mass is 9.70. The molecular weight excluding hydrogens is 202 g/mol. The Bertz CT molecular complexity index is 429. The highest BCUT2D eigenvalue weighted by Crippen LogP contribution is 2.46. The van der Waals surface area contributed by atoms with Crippen LogP contribution in [0.4, 0.5) is 0 Å². The van der Waals surface area contributed by atoms with E-state index < -0.39 is 11.6 Å². The molecule has 3 heteroatoms. The van der Waals surface area contributed by atoms with Crippen LogP contribution in [0.3, 0.4) is 0 Å². The number of benzene rings is 1. The summed E-state index contributed by atoms with van der Waals surface area (Å²) >= 11 is 0. The molecule has 1 unspecified atom stereocenters. The molecule has 84 valence electrons. The third-order valence-electron chi connectivity index (χ3n) is 3.35. The molecule has 1 aliphatic rings. The van der Waals surface area contributed by atoms with Crippen molar-refractivity contribution in [1.82, 2.24) is 0 Å². The van der Waals surface area contributed by atoms with E-state index in [0.717, 1.165) is 30.4 Å². The molecule has 2 rings (SSSR count). The SMILES string of the molecule is CC(O)c1ccccc1C1(N=C=O)CCC1. The monoisotopic (exact) mass is 217 g/mol. The smallest absolute Gasteiger partial charge is 0.235 e. The molecule has 0 aliphatic heterocycles. The van der Waals surface area contributed by atoms with Gasteiger partial charge in [-0.15, -0.1) is 0 Å². The molecule has 1 fully saturated rings. The van der Waals surface area contributed by atoms with Gasteiger partial charge in [-0.2, -0.15) is 4.99 Å². The van der Waals surface area contributed by atoms with Crippen LogP contribution in [-0.2, 0) is 10.3 Å². The number of rotatable bonds is 3. The van der Waals surface area contributed by atoms with Gasteiger partial charge in [0, 0.05) is 0 Å². The number of carbonyl (C=O) groups excluding carboxylic acids is 1. The molecule has 0 saturated heterocycles. The lowest BCUT2D eigenvalue weighted by Gasteiger charge is -2.38. The van der Waals surface area contributed by atoms with Crippen molar-refractivity contribution in [3.8, 4) is 0 Å². The summed E-state index contributed by atoms with van der Waals surface area (Å²) in [5.74, 6) is 0. The molecule has 0 amide bonds. The van der Waals surface area contributed by atoms with Gasteiger partial charge in [-0.3, -0.25) is 0 Å². The summed E-state index contributed by atoms with van der Waals surface area (Å²) in [5, 5.41) is 9.72. The van der Waals surface area contributed by atoms with Crippen molar-refractivity contribution in [2.24, 2.45) is 4.99 Å². The average Bonchev–Trinajstić information content (AvgIpc) is 2.23. The fraction of sp³-hybridized carbons (Fsp3) is 0.462. The summed E-state index contributed by atoms with van der Waals surface area (Å²) in [6.07, 6.45) is 3.94. The minimum atomic E-state index is -0.532. The van der Waals surface area contributed by atoms with Crippen molar-refractivity contribution in [3.63, 3.8) is 0 Å². The van der Waals surface area contributed by atoms with Crippen LogP contribution in [0.15, 0.2) is 29.3 Å².